The first-order chi connectivity index (χ1) is 9.47. The maximum absolute atomic E-state index is 11.0. The maximum atomic E-state index is 11.0. The molecule has 0 spiro atoms. The summed E-state index contributed by atoms with van der Waals surface area (Å²) in [6.45, 7) is 1.62. The first-order valence-corrected chi connectivity index (χ1v) is 6.06. The molecule has 2 aromatic heterocycles. The number of rotatable bonds is 5. The van der Waals surface area contributed by atoms with Gasteiger partial charge in [-0.1, -0.05) is 0 Å². The Kier molecular flexibility index (Phi) is 4.16. The highest BCUT2D eigenvalue weighted by Gasteiger charge is 2.19. The van der Waals surface area contributed by atoms with Crippen molar-refractivity contribution in [2.24, 2.45) is 0 Å². The van der Waals surface area contributed by atoms with Gasteiger partial charge >= 0.3 is 5.76 Å². The number of fused-ring (bicyclic) bond motifs is 1. The summed E-state index contributed by atoms with van der Waals surface area (Å²) in [5.41, 5.74) is 0.815. The number of carbonyl (C=O) groups excluding carboxylic acids is 1. The Morgan fingerprint density at radius 1 is 1.55 bits per heavy atom. The average Bonchev–Trinajstić information content (AvgIpc) is 2.76. The minimum absolute atomic E-state index is 0.190. The van der Waals surface area contributed by atoms with Crippen molar-refractivity contribution in [3.63, 3.8) is 0 Å². The second-order valence-corrected chi connectivity index (χ2v) is 4.41. The largest absolute Gasteiger partial charge is 0.418 e. The molecule has 0 aliphatic rings. The van der Waals surface area contributed by atoms with Crippen molar-refractivity contribution in [2.45, 2.75) is 25.6 Å². The van der Waals surface area contributed by atoms with Crippen LogP contribution in [0, 0.1) is 0 Å². The molecule has 0 fully saturated rings. The van der Waals surface area contributed by atoms with E-state index in [0.29, 0.717) is 5.56 Å². The fourth-order valence-electron chi connectivity index (χ4n) is 1.79. The molecular formula is C12H15N3O5. The molecule has 0 saturated heterocycles. The van der Waals surface area contributed by atoms with Crippen molar-refractivity contribution in [3.8, 4) is 0 Å². The minimum atomic E-state index is -1.18. The van der Waals surface area contributed by atoms with E-state index in [4.69, 9.17) is 4.42 Å². The molecule has 0 aliphatic carbocycles. The molecule has 8 heteroatoms. The summed E-state index contributed by atoms with van der Waals surface area (Å²) in [6.07, 6.45) is -0.705. The predicted molar refractivity (Wildman–Crippen MR) is 68.9 cm³/mol. The summed E-state index contributed by atoms with van der Waals surface area (Å²) in [7, 11) is 0. The molecule has 0 aromatic carbocycles. The monoisotopic (exact) mass is 281 g/mol. The predicted octanol–water partition coefficient (Wildman–Crippen LogP) is -0.563. The third-order valence-corrected chi connectivity index (χ3v) is 2.82. The molecular weight excluding hydrogens is 266 g/mol. The zero-order valence-corrected chi connectivity index (χ0v) is 10.8. The molecule has 2 aromatic rings. The van der Waals surface area contributed by atoms with Crippen molar-refractivity contribution >= 4 is 17.1 Å². The van der Waals surface area contributed by atoms with E-state index >= 15 is 0 Å². The summed E-state index contributed by atoms with van der Waals surface area (Å²) >= 11 is 0. The lowest BCUT2D eigenvalue weighted by Crippen LogP contribution is -2.27. The first kappa shape index (κ1) is 14.2. The van der Waals surface area contributed by atoms with E-state index in [1.165, 1.54) is 19.2 Å². The number of amides is 1. The number of oxazole rings is 1. The molecule has 20 heavy (non-hydrogen) atoms. The first-order valence-electron chi connectivity index (χ1n) is 6.06. The van der Waals surface area contributed by atoms with Crippen LogP contribution in [0.5, 0.6) is 0 Å². The van der Waals surface area contributed by atoms with Crippen LogP contribution in [0.1, 0.15) is 25.0 Å². The van der Waals surface area contributed by atoms with Crippen LogP contribution in [-0.2, 0) is 4.79 Å². The van der Waals surface area contributed by atoms with Gasteiger partial charge in [0.2, 0.25) is 5.91 Å². The Balaban J connectivity index is 2.07. The average molecular weight is 281 g/mol. The van der Waals surface area contributed by atoms with Gasteiger partial charge in [-0.3, -0.25) is 9.78 Å². The fraction of sp³-hybridized carbons (Fsp3) is 0.417. The van der Waals surface area contributed by atoms with Crippen LogP contribution in [0.2, 0.25) is 0 Å². The lowest BCUT2D eigenvalue weighted by Gasteiger charge is -2.17. The number of aliphatic hydroxyl groups is 2. The molecule has 8 nitrogen and oxygen atoms in total. The summed E-state index contributed by atoms with van der Waals surface area (Å²) in [5, 5.41) is 22.3. The zero-order chi connectivity index (χ0) is 14.7. The number of H-pyrrole nitrogens is 1. The molecule has 0 saturated carbocycles. The van der Waals surface area contributed by atoms with E-state index in [1.54, 1.807) is 0 Å². The number of aromatic nitrogens is 2. The van der Waals surface area contributed by atoms with Gasteiger partial charge in [-0.2, -0.15) is 0 Å². The van der Waals surface area contributed by atoms with Crippen molar-refractivity contribution in [3.05, 3.63) is 28.4 Å². The molecule has 2 unspecified atom stereocenters. The molecule has 2 rings (SSSR count). The highest BCUT2D eigenvalue weighted by Crippen LogP contribution is 2.20. The zero-order valence-electron chi connectivity index (χ0n) is 10.8. The van der Waals surface area contributed by atoms with Gasteiger partial charge in [-0.25, -0.2) is 9.78 Å². The van der Waals surface area contributed by atoms with Crippen LogP contribution in [0.4, 0.5) is 0 Å². The van der Waals surface area contributed by atoms with Gasteiger partial charge in [0.05, 0.1) is 6.10 Å². The molecule has 1 amide bonds. The standard InChI is InChI=1S/C12H15N3O5/c1-6(16)13-3-2-8(17)10(18)7-4-9-11(14-5-7)15-12(19)20-9/h4-5,8,10,17-18H,2-3H2,1H3,(H,13,16)(H,14,15,19). The van der Waals surface area contributed by atoms with Crippen molar-refractivity contribution in [2.75, 3.05) is 6.54 Å². The lowest BCUT2D eigenvalue weighted by atomic mass is 10.0. The van der Waals surface area contributed by atoms with Gasteiger partial charge in [0, 0.05) is 25.2 Å². The van der Waals surface area contributed by atoms with Gasteiger partial charge in [0.1, 0.15) is 6.10 Å². The van der Waals surface area contributed by atoms with E-state index in [1.807, 2.05) is 0 Å². The molecule has 0 bridgehead atoms. The molecule has 108 valence electrons. The van der Waals surface area contributed by atoms with Crippen LogP contribution in [0.25, 0.3) is 11.2 Å². The number of carbonyl (C=O) groups is 1. The third-order valence-electron chi connectivity index (χ3n) is 2.82. The van der Waals surface area contributed by atoms with Crippen molar-refractivity contribution in [1.82, 2.24) is 15.3 Å². The Bertz CT molecular complexity index is 662. The Labute approximate surface area is 113 Å². The van der Waals surface area contributed by atoms with Gasteiger partial charge < -0.3 is 19.9 Å². The quantitative estimate of drug-likeness (QED) is 0.581. The molecule has 4 N–H and O–H groups in total. The summed E-state index contributed by atoms with van der Waals surface area (Å²) in [4.78, 5) is 28.0. The highest BCUT2D eigenvalue weighted by molar-refractivity contribution is 5.72. The van der Waals surface area contributed by atoms with Gasteiger partial charge in [-0.15, -0.1) is 0 Å². The van der Waals surface area contributed by atoms with Crippen LogP contribution in [-0.4, -0.2) is 38.7 Å². The van der Waals surface area contributed by atoms with E-state index in [-0.39, 0.29) is 30.1 Å². The van der Waals surface area contributed by atoms with Gasteiger partial charge in [-0.05, 0) is 12.5 Å². The van der Waals surface area contributed by atoms with Crippen LogP contribution in [0.15, 0.2) is 21.5 Å². The smallest absolute Gasteiger partial charge is 0.406 e. The van der Waals surface area contributed by atoms with Crippen LogP contribution < -0.4 is 11.1 Å². The molecule has 0 radical (unpaired) electrons. The van der Waals surface area contributed by atoms with Gasteiger partial charge in [0.15, 0.2) is 11.2 Å². The Morgan fingerprint density at radius 3 is 3.00 bits per heavy atom. The van der Waals surface area contributed by atoms with E-state index in [9.17, 15) is 19.8 Å². The van der Waals surface area contributed by atoms with E-state index in [2.05, 4.69) is 15.3 Å². The SMILES string of the molecule is CC(=O)NCCC(O)C(O)c1cnc2[nH]c(=O)oc2c1. The lowest BCUT2D eigenvalue weighted by molar-refractivity contribution is -0.119. The second kappa shape index (κ2) is 5.85. The number of hydrogen-bond acceptors (Lipinski definition) is 6. The van der Waals surface area contributed by atoms with Crippen LogP contribution >= 0.6 is 0 Å². The number of aliphatic hydroxyl groups excluding tert-OH is 2. The molecule has 0 aliphatic heterocycles. The number of aromatic amines is 1. The van der Waals surface area contributed by atoms with E-state index < -0.39 is 18.0 Å². The van der Waals surface area contributed by atoms with Crippen molar-refractivity contribution < 1.29 is 19.4 Å². The number of nitrogens with zero attached hydrogens (tertiary/aromatic N) is 1. The van der Waals surface area contributed by atoms with Crippen molar-refractivity contribution in [1.29, 1.82) is 0 Å². The number of nitrogens with one attached hydrogen (secondary N) is 2. The normalized spacial score (nSPS) is 14.2. The number of pyridine rings is 1. The second-order valence-electron chi connectivity index (χ2n) is 4.41. The Hall–Kier alpha value is -2.19. The summed E-state index contributed by atoms with van der Waals surface area (Å²) < 4.78 is 4.83. The minimum Gasteiger partial charge on any atom is -0.406 e. The maximum Gasteiger partial charge on any atom is 0.418 e. The molecule has 2 heterocycles. The Morgan fingerprint density at radius 2 is 2.30 bits per heavy atom. The summed E-state index contributed by atoms with van der Waals surface area (Å²) in [6, 6.07) is 1.44. The summed E-state index contributed by atoms with van der Waals surface area (Å²) in [5.74, 6) is -0.839. The van der Waals surface area contributed by atoms with Crippen LogP contribution in [0.3, 0.4) is 0 Å². The highest BCUT2D eigenvalue weighted by atomic mass is 16.4. The third kappa shape index (κ3) is 3.22. The molecule has 2 atom stereocenters. The fourth-order valence-corrected chi connectivity index (χ4v) is 1.79. The van der Waals surface area contributed by atoms with Gasteiger partial charge in [0.25, 0.3) is 0 Å². The topological polar surface area (TPSA) is 128 Å². The number of hydrogen-bond donors (Lipinski definition) is 4. The van der Waals surface area contributed by atoms with E-state index in [0.717, 1.165) is 0 Å².